The molecule has 0 unspecified atom stereocenters. The van der Waals surface area contributed by atoms with Gasteiger partial charge in [0.15, 0.2) is 0 Å². The summed E-state index contributed by atoms with van der Waals surface area (Å²) in [4.78, 5) is 35.6. The monoisotopic (exact) mass is 967 g/mol. The van der Waals surface area contributed by atoms with Crippen LogP contribution in [0.2, 0.25) is 0 Å². The van der Waals surface area contributed by atoms with Crippen molar-refractivity contribution in [2.45, 2.75) is 25.3 Å². The average molecular weight is 967 g/mol. The van der Waals surface area contributed by atoms with Crippen LogP contribution in [0.3, 0.4) is 0 Å². The topological polar surface area (TPSA) is 262 Å². The maximum absolute atomic E-state index is 12.1. The van der Waals surface area contributed by atoms with Gasteiger partial charge in [0.1, 0.15) is 19.3 Å². The van der Waals surface area contributed by atoms with Gasteiger partial charge < -0.3 is 101 Å². The van der Waals surface area contributed by atoms with Crippen LogP contribution in [0.15, 0.2) is 0 Å². The molecule has 24 heteroatoms. The summed E-state index contributed by atoms with van der Waals surface area (Å²) >= 11 is 0. The van der Waals surface area contributed by atoms with Gasteiger partial charge in [-0.15, -0.1) is 0 Å². The summed E-state index contributed by atoms with van der Waals surface area (Å²) in [5.74, 6) is -1.20. The number of carboxylic acids is 1. The first kappa shape index (κ1) is 63.4. The lowest BCUT2D eigenvalue weighted by Gasteiger charge is -2.15. The maximum Gasteiger partial charge on any atom is 0.407 e. The largest absolute Gasteiger partial charge is 0.480 e. The molecule has 0 aromatic rings. The van der Waals surface area contributed by atoms with Crippen LogP contribution in [0.4, 0.5) is 9.59 Å². The lowest BCUT2D eigenvalue weighted by Crippen LogP contribution is -2.41. The van der Waals surface area contributed by atoms with Gasteiger partial charge >= 0.3 is 18.2 Å². The van der Waals surface area contributed by atoms with Crippen molar-refractivity contribution in [1.82, 2.24) is 10.6 Å². The molecule has 0 aliphatic rings. The molecule has 0 aromatic heterocycles. The molecule has 0 aromatic carbocycles. The molecule has 0 saturated carbocycles. The molecule has 0 rings (SSSR count). The fraction of sp³-hybridized carbons (Fsp3) is 0.929. The number of carboxylic acid groups (broad SMARTS) is 1. The van der Waals surface area contributed by atoms with E-state index in [2.05, 4.69) is 10.6 Å². The minimum atomic E-state index is -1.20. The summed E-state index contributed by atoms with van der Waals surface area (Å²) in [7, 11) is 3.26. The molecular formula is C42H82N2O22. The van der Waals surface area contributed by atoms with Gasteiger partial charge in [-0.2, -0.15) is 0 Å². The van der Waals surface area contributed by atoms with E-state index in [0.29, 0.717) is 191 Å². The van der Waals surface area contributed by atoms with Crippen molar-refractivity contribution < 1.29 is 105 Å². The zero-order valence-electron chi connectivity index (χ0n) is 39.6. The van der Waals surface area contributed by atoms with Crippen molar-refractivity contribution in [2.24, 2.45) is 0 Å². The lowest BCUT2D eigenvalue weighted by molar-refractivity contribution is -0.139. The summed E-state index contributed by atoms with van der Waals surface area (Å²) in [6, 6.07) is -1.15. The highest BCUT2D eigenvalue weighted by atomic mass is 16.6. The van der Waals surface area contributed by atoms with E-state index in [-0.39, 0.29) is 46.0 Å². The number of hydrogen-bond donors (Lipinski definition) is 3. The zero-order valence-corrected chi connectivity index (χ0v) is 39.6. The Hall–Kier alpha value is -2.63. The molecule has 24 nitrogen and oxygen atoms in total. The molecule has 0 spiro atoms. The Morgan fingerprint density at radius 3 is 0.848 bits per heavy atom. The van der Waals surface area contributed by atoms with Crippen molar-refractivity contribution in [1.29, 1.82) is 0 Å². The Labute approximate surface area is 390 Å². The number of rotatable bonds is 55. The number of carbonyl (C=O) groups is 3. The normalized spacial score (nSPS) is 11.8. The number of unbranched alkanes of at least 4 members (excludes halogenated alkanes) is 1. The minimum Gasteiger partial charge on any atom is -0.480 e. The third kappa shape index (κ3) is 52.3. The Bertz CT molecular complexity index is 1030. The molecule has 0 aliphatic carbocycles. The third-order valence-electron chi connectivity index (χ3n) is 8.03. The molecule has 392 valence electrons. The summed E-state index contributed by atoms with van der Waals surface area (Å²) in [6.07, 6.45) is -0.454. The number of amides is 2. The number of carbonyl (C=O) groups excluding carboxylic acids is 2. The van der Waals surface area contributed by atoms with E-state index in [1.165, 1.54) is 0 Å². The van der Waals surface area contributed by atoms with Gasteiger partial charge in [0.2, 0.25) is 0 Å². The Kier molecular flexibility index (Phi) is 52.8. The number of ether oxygens (including phenoxy) is 18. The Morgan fingerprint density at radius 1 is 0.348 bits per heavy atom. The van der Waals surface area contributed by atoms with Gasteiger partial charge in [-0.3, -0.25) is 0 Å². The quantitative estimate of drug-likeness (QED) is 0.0705. The van der Waals surface area contributed by atoms with Crippen LogP contribution in [-0.2, 0) is 90.1 Å². The molecule has 0 saturated heterocycles. The van der Waals surface area contributed by atoms with Gasteiger partial charge in [0, 0.05) is 20.8 Å². The van der Waals surface area contributed by atoms with Crippen LogP contribution in [0.5, 0.6) is 0 Å². The van der Waals surface area contributed by atoms with Crippen molar-refractivity contribution in [3.8, 4) is 0 Å². The van der Waals surface area contributed by atoms with Crippen LogP contribution in [-0.4, -0.2) is 261 Å². The molecule has 3 N–H and O–H groups in total. The van der Waals surface area contributed by atoms with Crippen LogP contribution in [0, 0.1) is 0 Å². The van der Waals surface area contributed by atoms with Crippen molar-refractivity contribution in [3.05, 3.63) is 0 Å². The summed E-state index contributed by atoms with van der Waals surface area (Å²) in [6.45, 7) is 13.4. The highest BCUT2D eigenvalue weighted by Crippen LogP contribution is 2.02. The van der Waals surface area contributed by atoms with Gasteiger partial charge in [0.05, 0.1) is 198 Å². The van der Waals surface area contributed by atoms with Crippen LogP contribution < -0.4 is 10.6 Å². The predicted octanol–water partition coefficient (Wildman–Crippen LogP) is 0.588. The van der Waals surface area contributed by atoms with E-state index in [1.807, 2.05) is 0 Å². The van der Waals surface area contributed by atoms with E-state index < -0.39 is 24.2 Å². The van der Waals surface area contributed by atoms with E-state index in [0.717, 1.165) is 0 Å². The number of nitrogens with one attached hydrogen (secondary N) is 2. The number of hydrogen-bond acceptors (Lipinski definition) is 21. The molecule has 1 atom stereocenters. The second kappa shape index (κ2) is 55.0. The fourth-order valence-corrected chi connectivity index (χ4v) is 4.67. The van der Waals surface area contributed by atoms with E-state index in [1.54, 1.807) is 14.2 Å². The molecule has 0 radical (unpaired) electrons. The minimum absolute atomic E-state index is 0.0575. The van der Waals surface area contributed by atoms with Gasteiger partial charge in [-0.1, -0.05) is 0 Å². The smallest absolute Gasteiger partial charge is 0.407 e. The average Bonchev–Trinajstić information content (AvgIpc) is 3.31. The zero-order chi connectivity index (χ0) is 47.9. The Morgan fingerprint density at radius 2 is 0.591 bits per heavy atom. The number of alkyl carbamates (subject to hydrolysis) is 2. The van der Waals surface area contributed by atoms with Crippen molar-refractivity contribution in [2.75, 3.05) is 232 Å². The summed E-state index contributed by atoms with van der Waals surface area (Å²) in [5.41, 5.74) is 0. The van der Waals surface area contributed by atoms with Gasteiger partial charge in [-0.05, 0) is 19.3 Å². The highest BCUT2D eigenvalue weighted by Gasteiger charge is 2.20. The molecule has 2 amide bonds. The molecule has 0 fully saturated rings. The van der Waals surface area contributed by atoms with Gasteiger partial charge in [0.25, 0.3) is 0 Å². The molecule has 0 heterocycles. The third-order valence-corrected chi connectivity index (χ3v) is 8.03. The molecular weight excluding hydrogens is 884 g/mol. The molecule has 66 heavy (non-hydrogen) atoms. The van der Waals surface area contributed by atoms with Crippen molar-refractivity contribution in [3.63, 3.8) is 0 Å². The second-order valence-electron chi connectivity index (χ2n) is 13.3. The molecule has 0 bridgehead atoms. The van der Waals surface area contributed by atoms with E-state index in [4.69, 9.17) is 85.3 Å². The lowest BCUT2D eigenvalue weighted by atomic mass is 10.1. The standard InChI is InChI=1S/C42H82N2O22/c1-49-7-9-51-11-13-53-15-17-55-19-21-57-23-25-59-27-29-61-31-33-63-35-37-65-41(47)43-6-4-3-5-39(40(45)46)44-42(48)66-38-36-64-34-32-62-30-28-60-26-24-58-22-20-56-18-16-54-14-12-52-10-8-50-2/h39H,3-38H2,1-2H3,(H,43,47)(H,44,48)(H,45,46)/t39-/m0/s1. The SMILES string of the molecule is COCCOCCOCCOCCOCCOCCOCCOCCOC(=O)NCCCC[C@H](NC(=O)OCCOCCOCCOCCOCCOCCOCCOCCOC)C(=O)O. The second-order valence-corrected chi connectivity index (χ2v) is 13.3. The van der Waals surface area contributed by atoms with Crippen LogP contribution in [0.25, 0.3) is 0 Å². The molecule has 0 aliphatic heterocycles. The number of methoxy groups -OCH3 is 2. The summed E-state index contributed by atoms with van der Waals surface area (Å²) < 4.78 is 95.5. The van der Waals surface area contributed by atoms with E-state index in [9.17, 15) is 19.5 Å². The van der Waals surface area contributed by atoms with Gasteiger partial charge in [-0.25, -0.2) is 14.4 Å². The predicted molar refractivity (Wildman–Crippen MR) is 234 cm³/mol. The first-order valence-electron chi connectivity index (χ1n) is 22.6. The maximum atomic E-state index is 12.1. The van der Waals surface area contributed by atoms with E-state index >= 15 is 0 Å². The fourth-order valence-electron chi connectivity index (χ4n) is 4.67. The first-order chi connectivity index (χ1) is 32.5. The summed E-state index contributed by atoms with van der Waals surface area (Å²) in [5, 5.41) is 14.4. The highest BCUT2D eigenvalue weighted by molar-refractivity contribution is 5.79. The van der Waals surface area contributed by atoms with Crippen LogP contribution >= 0.6 is 0 Å². The Balaban J connectivity index is 3.46. The number of aliphatic carboxylic acids is 1. The van der Waals surface area contributed by atoms with Crippen molar-refractivity contribution >= 4 is 18.2 Å². The van der Waals surface area contributed by atoms with Crippen LogP contribution in [0.1, 0.15) is 19.3 Å². The first-order valence-corrected chi connectivity index (χ1v) is 22.6.